The summed E-state index contributed by atoms with van der Waals surface area (Å²) in [4.78, 5) is 21.9. The molecule has 31 heavy (non-hydrogen) atoms. The Hall–Kier alpha value is -2.93. The summed E-state index contributed by atoms with van der Waals surface area (Å²) in [5, 5.41) is 0. The van der Waals surface area contributed by atoms with Gasteiger partial charge in [-0.05, 0) is 56.1 Å². The number of ether oxygens (including phenoxy) is 1. The van der Waals surface area contributed by atoms with Gasteiger partial charge in [0.2, 0.25) is 0 Å². The van der Waals surface area contributed by atoms with E-state index in [1.54, 1.807) is 25.4 Å². The van der Waals surface area contributed by atoms with Gasteiger partial charge < -0.3 is 14.0 Å². The van der Waals surface area contributed by atoms with Crippen LogP contribution in [-0.2, 0) is 6.54 Å². The molecular weight excluding hydrogens is 395 g/mol. The molecule has 2 aliphatic heterocycles. The summed E-state index contributed by atoms with van der Waals surface area (Å²) < 4.78 is 21.5. The van der Waals surface area contributed by atoms with Gasteiger partial charge >= 0.3 is 0 Å². The van der Waals surface area contributed by atoms with Crippen molar-refractivity contribution in [2.45, 2.75) is 25.8 Å². The molecule has 1 spiro atoms. The van der Waals surface area contributed by atoms with Crippen LogP contribution in [0.4, 0.5) is 4.39 Å². The standard InChI is InChI=1S/C24H27FN4O2/c1-31-19-6-7-20(25)18(13-19)14-27-10-4-8-24(16-27)9-12-29(17-24)23(30)21-15-28-11-3-2-5-22(28)26-21/h2-3,5-7,11,13,15H,4,8-10,12,14,16-17H2,1H3/t24-/m0/s1. The van der Waals surface area contributed by atoms with E-state index in [0.29, 0.717) is 23.6 Å². The summed E-state index contributed by atoms with van der Waals surface area (Å²) in [5.74, 6) is 0.472. The molecule has 1 atom stereocenters. The molecule has 2 saturated heterocycles. The third kappa shape index (κ3) is 3.90. The zero-order chi connectivity index (χ0) is 21.4. The molecule has 0 bridgehead atoms. The van der Waals surface area contributed by atoms with E-state index in [1.807, 2.05) is 33.7 Å². The molecule has 2 aliphatic rings. The highest BCUT2D eigenvalue weighted by molar-refractivity contribution is 5.93. The first kappa shape index (κ1) is 20.0. The Labute approximate surface area is 181 Å². The van der Waals surface area contributed by atoms with E-state index in [2.05, 4.69) is 9.88 Å². The van der Waals surface area contributed by atoms with Crippen LogP contribution in [0.5, 0.6) is 5.75 Å². The molecule has 1 amide bonds. The Bertz CT molecular complexity index is 1080. The lowest BCUT2D eigenvalue weighted by Crippen LogP contribution is -2.45. The van der Waals surface area contributed by atoms with Gasteiger partial charge in [0, 0.05) is 49.6 Å². The summed E-state index contributed by atoms with van der Waals surface area (Å²) in [5.41, 5.74) is 2.01. The van der Waals surface area contributed by atoms with Gasteiger partial charge in [-0.3, -0.25) is 9.69 Å². The Morgan fingerprint density at radius 1 is 1.19 bits per heavy atom. The van der Waals surface area contributed by atoms with Crippen molar-refractivity contribution in [2.75, 3.05) is 33.3 Å². The molecule has 0 saturated carbocycles. The van der Waals surface area contributed by atoms with Gasteiger partial charge in [0.15, 0.2) is 0 Å². The highest BCUT2D eigenvalue weighted by Crippen LogP contribution is 2.40. The fourth-order valence-corrected chi connectivity index (χ4v) is 5.13. The number of carbonyl (C=O) groups is 1. The van der Waals surface area contributed by atoms with E-state index >= 15 is 0 Å². The highest BCUT2D eigenvalue weighted by Gasteiger charge is 2.43. The Balaban J connectivity index is 1.28. The molecule has 3 aromatic rings. The maximum absolute atomic E-state index is 14.3. The fourth-order valence-electron chi connectivity index (χ4n) is 5.13. The van der Waals surface area contributed by atoms with Crippen LogP contribution in [0, 0.1) is 11.2 Å². The van der Waals surface area contributed by atoms with Gasteiger partial charge in [0.05, 0.1) is 7.11 Å². The number of piperidine rings is 1. The normalized spacial score (nSPS) is 21.8. The van der Waals surface area contributed by atoms with Crippen LogP contribution in [-0.4, -0.2) is 58.4 Å². The van der Waals surface area contributed by atoms with Gasteiger partial charge in [-0.15, -0.1) is 0 Å². The number of hydrogen-bond donors (Lipinski definition) is 0. The van der Waals surface area contributed by atoms with Crippen molar-refractivity contribution in [1.82, 2.24) is 19.2 Å². The Morgan fingerprint density at radius 3 is 2.94 bits per heavy atom. The third-order valence-electron chi connectivity index (χ3n) is 6.70. The van der Waals surface area contributed by atoms with E-state index in [-0.39, 0.29) is 17.1 Å². The lowest BCUT2D eigenvalue weighted by molar-refractivity contribution is 0.0669. The summed E-state index contributed by atoms with van der Waals surface area (Å²) in [6.07, 6.45) is 6.84. The number of amides is 1. The van der Waals surface area contributed by atoms with Gasteiger partial charge in [-0.2, -0.15) is 0 Å². The van der Waals surface area contributed by atoms with Crippen LogP contribution in [0.15, 0.2) is 48.8 Å². The smallest absolute Gasteiger partial charge is 0.274 e. The molecule has 5 rings (SSSR count). The van der Waals surface area contributed by atoms with Crippen LogP contribution in [0.1, 0.15) is 35.3 Å². The number of carbonyl (C=O) groups excluding carboxylic acids is 1. The number of likely N-dealkylation sites (tertiary alicyclic amines) is 2. The third-order valence-corrected chi connectivity index (χ3v) is 6.70. The summed E-state index contributed by atoms with van der Waals surface area (Å²) in [7, 11) is 1.60. The summed E-state index contributed by atoms with van der Waals surface area (Å²) in [6.45, 7) is 3.85. The average Bonchev–Trinajstić information content (AvgIpc) is 3.39. The molecule has 0 unspecified atom stereocenters. The number of halogens is 1. The van der Waals surface area contributed by atoms with Crippen molar-refractivity contribution in [2.24, 2.45) is 5.41 Å². The minimum absolute atomic E-state index is 0.00320. The number of pyridine rings is 1. The topological polar surface area (TPSA) is 50.1 Å². The average molecular weight is 423 g/mol. The number of benzene rings is 1. The number of fused-ring (bicyclic) bond motifs is 1. The molecule has 0 radical (unpaired) electrons. The predicted octanol–water partition coefficient (Wildman–Crippen LogP) is 3.61. The zero-order valence-electron chi connectivity index (χ0n) is 17.8. The SMILES string of the molecule is COc1ccc(F)c(CN2CCC[C@]3(CCN(C(=O)c4cn5ccccc5n4)C3)C2)c1. The monoisotopic (exact) mass is 422 g/mol. The fraction of sp³-hybridized carbons (Fsp3) is 0.417. The maximum atomic E-state index is 14.3. The van der Waals surface area contributed by atoms with Gasteiger partial charge in [0.1, 0.15) is 22.9 Å². The Kier molecular flexibility index (Phi) is 5.14. The molecule has 0 aliphatic carbocycles. The van der Waals surface area contributed by atoms with Crippen LogP contribution in [0.3, 0.4) is 0 Å². The molecule has 6 nitrogen and oxygen atoms in total. The first-order valence-corrected chi connectivity index (χ1v) is 10.8. The lowest BCUT2D eigenvalue weighted by atomic mass is 9.79. The quantitative estimate of drug-likeness (QED) is 0.645. The molecule has 0 N–H and O–H groups in total. The summed E-state index contributed by atoms with van der Waals surface area (Å²) >= 11 is 0. The van der Waals surface area contributed by atoms with Crippen LogP contribution in [0.25, 0.3) is 5.65 Å². The van der Waals surface area contributed by atoms with E-state index in [9.17, 15) is 9.18 Å². The van der Waals surface area contributed by atoms with Gasteiger partial charge in [-0.25, -0.2) is 9.37 Å². The van der Waals surface area contributed by atoms with Crippen molar-refractivity contribution in [3.8, 4) is 5.75 Å². The van der Waals surface area contributed by atoms with Crippen molar-refractivity contribution < 1.29 is 13.9 Å². The van der Waals surface area contributed by atoms with E-state index in [4.69, 9.17) is 4.74 Å². The first-order chi connectivity index (χ1) is 15.0. The van der Waals surface area contributed by atoms with Crippen molar-refractivity contribution >= 4 is 11.6 Å². The van der Waals surface area contributed by atoms with Crippen molar-refractivity contribution in [3.63, 3.8) is 0 Å². The number of hydrogen-bond acceptors (Lipinski definition) is 4. The lowest BCUT2D eigenvalue weighted by Gasteiger charge is -2.40. The van der Waals surface area contributed by atoms with Gasteiger partial charge in [0.25, 0.3) is 5.91 Å². The zero-order valence-corrected chi connectivity index (χ0v) is 17.8. The van der Waals surface area contributed by atoms with Crippen LogP contribution in [0.2, 0.25) is 0 Å². The van der Waals surface area contributed by atoms with Crippen molar-refractivity contribution in [1.29, 1.82) is 0 Å². The van der Waals surface area contributed by atoms with E-state index < -0.39 is 0 Å². The molecule has 2 aromatic heterocycles. The minimum atomic E-state index is -0.199. The maximum Gasteiger partial charge on any atom is 0.274 e. The number of nitrogens with zero attached hydrogens (tertiary/aromatic N) is 4. The van der Waals surface area contributed by atoms with Crippen LogP contribution >= 0.6 is 0 Å². The Morgan fingerprint density at radius 2 is 2.10 bits per heavy atom. The van der Waals surface area contributed by atoms with Gasteiger partial charge in [-0.1, -0.05) is 6.07 Å². The molecule has 7 heteroatoms. The molecule has 2 fully saturated rings. The molecule has 4 heterocycles. The largest absolute Gasteiger partial charge is 0.497 e. The number of aromatic nitrogens is 2. The highest BCUT2D eigenvalue weighted by atomic mass is 19.1. The van der Waals surface area contributed by atoms with Crippen LogP contribution < -0.4 is 4.74 Å². The second-order valence-electron chi connectivity index (χ2n) is 8.84. The second kappa shape index (κ2) is 7.96. The number of imidazole rings is 1. The van der Waals surface area contributed by atoms with Crippen molar-refractivity contribution in [3.05, 3.63) is 65.9 Å². The number of methoxy groups -OCH3 is 1. The first-order valence-electron chi connectivity index (χ1n) is 10.8. The predicted molar refractivity (Wildman–Crippen MR) is 116 cm³/mol. The molecular formula is C24H27FN4O2. The van der Waals surface area contributed by atoms with E-state index in [1.165, 1.54) is 6.07 Å². The summed E-state index contributed by atoms with van der Waals surface area (Å²) in [6, 6.07) is 10.7. The molecule has 1 aromatic carbocycles. The van der Waals surface area contributed by atoms with E-state index in [0.717, 1.165) is 51.1 Å². The number of rotatable bonds is 4. The molecule has 162 valence electrons. The minimum Gasteiger partial charge on any atom is -0.497 e. The second-order valence-corrected chi connectivity index (χ2v) is 8.84.